The van der Waals surface area contributed by atoms with E-state index in [0.29, 0.717) is 23.6 Å². The van der Waals surface area contributed by atoms with Gasteiger partial charge < -0.3 is 14.8 Å². The Kier molecular flexibility index (Phi) is 5.45. The van der Waals surface area contributed by atoms with E-state index in [1.807, 2.05) is 48.9 Å². The smallest absolute Gasteiger partial charge is 0.251 e. The second kappa shape index (κ2) is 7.95. The molecule has 0 atom stereocenters. The fourth-order valence-electron chi connectivity index (χ4n) is 2.90. The van der Waals surface area contributed by atoms with E-state index in [0.717, 1.165) is 22.6 Å². The zero-order valence-electron chi connectivity index (χ0n) is 15.9. The normalized spacial score (nSPS) is 10.5. The van der Waals surface area contributed by atoms with Crippen LogP contribution >= 0.6 is 0 Å². The highest BCUT2D eigenvalue weighted by atomic mass is 16.5. The molecular formula is C21H23N3O3. The predicted molar refractivity (Wildman–Crippen MR) is 104 cm³/mol. The Hall–Kier alpha value is -3.28. The van der Waals surface area contributed by atoms with E-state index in [1.54, 1.807) is 32.4 Å². The summed E-state index contributed by atoms with van der Waals surface area (Å²) in [6, 6.07) is 14.9. The quantitative estimate of drug-likeness (QED) is 0.727. The van der Waals surface area contributed by atoms with Gasteiger partial charge in [0.2, 0.25) is 0 Å². The molecule has 3 aromatic rings. The average molecular weight is 365 g/mol. The van der Waals surface area contributed by atoms with Crippen molar-refractivity contribution in [1.29, 1.82) is 0 Å². The Morgan fingerprint density at radius 1 is 1.00 bits per heavy atom. The number of ether oxygens (including phenoxy) is 2. The maximum atomic E-state index is 12.4. The molecule has 0 saturated heterocycles. The Morgan fingerprint density at radius 3 is 2.15 bits per heavy atom. The topological polar surface area (TPSA) is 65.4 Å². The Morgan fingerprint density at radius 2 is 1.63 bits per heavy atom. The predicted octanol–water partition coefficient (Wildman–Crippen LogP) is 3.44. The minimum atomic E-state index is -0.142. The molecule has 0 saturated carbocycles. The first-order valence-electron chi connectivity index (χ1n) is 8.64. The molecule has 1 amide bonds. The van der Waals surface area contributed by atoms with Gasteiger partial charge >= 0.3 is 0 Å². The summed E-state index contributed by atoms with van der Waals surface area (Å²) >= 11 is 0. The number of aromatic nitrogens is 2. The molecule has 0 spiro atoms. The number of methoxy groups -OCH3 is 2. The largest absolute Gasteiger partial charge is 0.497 e. The van der Waals surface area contributed by atoms with Crippen LogP contribution in [-0.2, 0) is 6.54 Å². The van der Waals surface area contributed by atoms with Gasteiger partial charge in [0.25, 0.3) is 5.91 Å². The lowest BCUT2D eigenvalue weighted by molar-refractivity contribution is 0.0951. The Balaban J connectivity index is 1.69. The number of carbonyl (C=O) groups is 1. The van der Waals surface area contributed by atoms with Gasteiger partial charge in [0.1, 0.15) is 11.5 Å². The summed E-state index contributed by atoms with van der Waals surface area (Å²) in [5, 5.41) is 7.38. The maximum Gasteiger partial charge on any atom is 0.251 e. The SMILES string of the molecule is COc1cc(CNC(=O)c2ccc(-n3nc(C)cc3C)cc2)cc(OC)c1. The number of aryl methyl sites for hydroxylation is 2. The molecule has 0 aliphatic rings. The van der Waals surface area contributed by atoms with Gasteiger partial charge in [-0.25, -0.2) is 4.68 Å². The zero-order valence-corrected chi connectivity index (χ0v) is 15.9. The summed E-state index contributed by atoms with van der Waals surface area (Å²) in [6.45, 7) is 4.34. The second-order valence-corrected chi connectivity index (χ2v) is 6.29. The monoisotopic (exact) mass is 365 g/mol. The van der Waals surface area contributed by atoms with Crippen molar-refractivity contribution in [2.24, 2.45) is 0 Å². The molecule has 1 aromatic heterocycles. The standard InChI is InChI=1S/C21H23N3O3/c1-14-9-15(2)24(23-14)18-7-5-17(6-8-18)21(25)22-13-16-10-19(26-3)12-20(11-16)27-4/h5-12H,13H2,1-4H3,(H,22,25). The lowest BCUT2D eigenvalue weighted by Crippen LogP contribution is -2.22. The van der Waals surface area contributed by atoms with Crippen molar-refractivity contribution >= 4 is 5.91 Å². The molecule has 0 unspecified atom stereocenters. The van der Waals surface area contributed by atoms with Crippen LogP contribution in [0.2, 0.25) is 0 Å². The van der Waals surface area contributed by atoms with Crippen LogP contribution < -0.4 is 14.8 Å². The number of carbonyl (C=O) groups excluding carboxylic acids is 1. The van der Waals surface area contributed by atoms with Gasteiger partial charge in [-0.1, -0.05) is 0 Å². The number of nitrogens with one attached hydrogen (secondary N) is 1. The zero-order chi connectivity index (χ0) is 19.4. The lowest BCUT2D eigenvalue weighted by atomic mass is 10.1. The number of benzene rings is 2. The van der Waals surface area contributed by atoms with Crippen molar-refractivity contribution in [1.82, 2.24) is 15.1 Å². The van der Waals surface area contributed by atoms with E-state index in [4.69, 9.17) is 9.47 Å². The van der Waals surface area contributed by atoms with E-state index in [2.05, 4.69) is 10.4 Å². The first-order chi connectivity index (χ1) is 13.0. The number of hydrogen-bond donors (Lipinski definition) is 1. The molecule has 1 N–H and O–H groups in total. The van der Waals surface area contributed by atoms with Crippen LogP contribution in [-0.4, -0.2) is 29.9 Å². The molecule has 6 heteroatoms. The minimum Gasteiger partial charge on any atom is -0.497 e. The van der Waals surface area contributed by atoms with Gasteiger partial charge in [0, 0.05) is 23.9 Å². The van der Waals surface area contributed by atoms with Crippen LogP contribution in [0.25, 0.3) is 5.69 Å². The van der Waals surface area contributed by atoms with Crippen LogP contribution in [0, 0.1) is 13.8 Å². The van der Waals surface area contributed by atoms with Gasteiger partial charge in [0.15, 0.2) is 0 Å². The first-order valence-corrected chi connectivity index (χ1v) is 8.64. The molecule has 2 aromatic carbocycles. The summed E-state index contributed by atoms with van der Waals surface area (Å²) in [5.41, 5.74) is 4.43. The summed E-state index contributed by atoms with van der Waals surface area (Å²) in [5.74, 6) is 1.23. The summed E-state index contributed by atoms with van der Waals surface area (Å²) < 4.78 is 12.4. The van der Waals surface area contributed by atoms with Gasteiger partial charge in [-0.2, -0.15) is 5.10 Å². The van der Waals surface area contributed by atoms with E-state index >= 15 is 0 Å². The number of nitrogens with zero attached hydrogens (tertiary/aromatic N) is 2. The van der Waals surface area contributed by atoms with E-state index < -0.39 is 0 Å². The second-order valence-electron chi connectivity index (χ2n) is 6.29. The highest BCUT2D eigenvalue weighted by molar-refractivity contribution is 5.94. The lowest BCUT2D eigenvalue weighted by Gasteiger charge is -2.10. The van der Waals surface area contributed by atoms with Gasteiger partial charge in [-0.3, -0.25) is 4.79 Å². The van der Waals surface area contributed by atoms with Crippen LogP contribution in [0.3, 0.4) is 0 Å². The third-order valence-corrected chi connectivity index (χ3v) is 4.25. The van der Waals surface area contributed by atoms with Crippen molar-refractivity contribution < 1.29 is 14.3 Å². The molecule has 3 rings (SSSR count). The van der Waals surface area contributed by atoms with Crippen molar-refractivity contribution in [3.8, 4) is 17.2 Å². The van der Waals surface area contributed by atoms with Crippen LogP contribution in [0.1, 0.15) is 27.3 Å². The minimum absolute atomic E-state index is 0.142. The molecule has 27 heavy (non-hydrogen) atoms. The average Bonchev–Trinajstić information content (AvgIpc) is 3.03. The fourth-order valence-corrected chi connectivity index (χ4v) is 2.90. The van der Waals surface area contributed by atoms with E-state index in [9.17, 15) is 4.79 Å². The van der Waals surface area contributed by atoms with Gasteiger partial charge in [0.05, 0.1) is 25.6 Å². The molecule has 0 radical (unpaired) electrons. The van der Waals surface area contributed by atoms with Crippen LogP contribution in [0.15, 0.2) is 48.5 Å². The van der Waals surface area contributed by atoms with Crippen molar-refractivity contribution in [2.75, 3.05) is 14.2 Å². The van der Waals surface area contributed by atoms with Crippen molar-refractivity contribution in [2.45, 2.75) is 20.4 Å². The van der Waals surface area contributed by atoms with Crippen LogP contribution in [0.5, 0.6) is 11.5 Å². The molecule has 0 aliphatic carbocycles. The first kappa shape index (κ1) is 18.5. The Bertz CT molecular complexity index is 924. The highest BCUT2D eigenvalue weighted by Gasteiger charge is 2.09. The third-order valence-electron chi connectivity index (χ3n) is 4.25. The van der Waals surface area contributed by atoms with Crippen molar-refractivity contribution in [3.63, 3.8) is 0 Å². The summed E-state index contributed by atoms with van der Waals surface area (Å²) in [4.78, 5) is 12.4. The molecule has 0 fully saturated rings. The highest BCUT2D eigenvalue weighted by Crippen LogP contribution is 2.22. The summed E-state index contributed by atoms with van der Waals surface area (Å²) in [7, 11) is 3.20. The summed E-state index contributed by atoms with van der Waals surface area (Å²) in [6.07, 6.45) is 0. The van der Waals surface area contributed by atoms with Gasteiger partial charge in [-0.05, 0) is 61.9 Å². The molecule has 140 valence electrons. The third kappa shape index (κ3) is 4.28. The molecule has 1 heterocycles. The Labute approximate surface area is 158 Å². The maximum absolute atomic E-state index is 12.4. The molecule has 0 bridgehead atoms. The van der Waals surface area contributed by atoms with E-state index in [1.165, 1.54) is 0 Å². The van der Waals surface area contributed by atoms with Gasteiger partial charge in [-0.15, -0.1) is 0 Å². The van der Waals surface area contributed by atoms with E-state index in [-0.39, 0.29) is 5.91 Å². The van der Waals surface area contributed by atoms with Crippen LogP contribution in [0.4, 0.5) is 0 Å². The number of rotatable bonds is 6. The molecular weight excluding hydrogens is 342 g/mol. The molecule has 0 aliphatic heterocycles. The number of hydrogen-bond acceptors (Lipinski definition) is 4. The molecule has 6 nitrogen and oxygen atoms in total. The fraction of sp³-hybridized carbons (Fsp3) is 0.238. The van der Waals surface area contributed by atoms with Crippen molar-refractivity contribution in [3.05, 3.63) is 71.0 Å². The number of amides is 1.